The van der Waals surface area contributed by atoms with Crippen LogP contribution in [0.5, 0.6) is 0 Å². The molecule has 0 aromatic heterocycles. The number of aliphatic imine (C=N–C) groups is 1. The first-order chi connectivity index (χ1) is 8.40. The molecule has 0 saturated heterocycles. The van der Waals surface area contributed by atoms with E-state index in [1.807, 2.05) is 50.2 Å². The maximum atomic E-state index is 11.4. The molecule has 0 bridgehead atoms. The zero-order valence-electron chi connectivity index (χ0n) is 11.3. The van der Waals surface area contributed by atoms with Gasteiger partial charge < -0.3 is 16.0 Å². The SMILES string of the molecule is CC(=Nc1ccc(NC(=O)C(C)N)cc1)N(C)C. The minimum atomic E-state index is -0.515. The molecule has 1 aromatic carbocycles. The number of amidine groups is 1. The quantitative estimate of drug-likeness (QED) is 0.630. The van der Waals surface area contributed by atoms with E-state index in [2.05, 4.69) is 10.3 Å². The summed E-state index contributed by atoms with van der Waals surface area (Å²) in [5.41, 5.74) is 7.04. The number of hydrogen-bond acceptors (Lipinski definition) is 3. The maximum Gasteiger partial charge on any atom is 0.240 e. The Kier molecular flexibility index (Phi) is 4.85. The standard InChI is InChI=1S/C13H20N4O/c1-9(14)13(18)16-12-7-5-11(6-8-12)15-10(2)17(3)4/h5-9H,14H2,1-4H3,(H,16,18). The molecule has 5 nitrogen and oxygen atoms in total. The van der Waals surface area contributed by atoms with Crippen molar-refractivity contribution in [2.24, 2.45) is 10.7 Å². The average molecular weight is 248 g/mol. The molecule has 0 radical (unpaired) electrons. The van der Waals surface area contributed by atoms with Gasteiger partial charge in [-0.15, -0.1) is 0 Å². The highest BCUT2D eigenvalue weighted by molar-refractivity contribution is 5.94. The van der Waals surface area contributed by atoms with Crippen LogP contribution < -0.4 is 11.1 Å². The summed E-state index contributed by atoms with van der Waals surface area (Å²) in [7, 11) is 3.88. The van der Waals surface area contributed by atoms with Crippen molar-refractivity contribution in [3.63, 3.8) is 0 Å². The van der Waals surface area contributed by atoms with Crippen molar-refractivity contribution >= 4 is 23.1 Å². The molecule has 1 unspecified atom stereocenters. The summed E-state index contributed by atoms with van der Waals surface area (Å²) in [6.07, 6.45) is 0. The molecule has 0 saturated carbocycles. The van der Waals surface area contributed by atoms with Crippen LogP contribution in [0, 0.1) is 0 Å². The molecule has 1 amide bonds. The first-order valence-electron chi connectivity index (χ1n) is 5.79. The molecule has 0 fully saturated rings. The van der Waals surface area contributed by atoms with Crippen molar-refractivity contribution in [3.8, 4) is 0 Å². The van der Waals surface area contributed by atoms with E-state index in [0.29, 0.717) is 0 Å². The van der Waals surface area contributed by atoms with Gasteiger partial charge in [-0.05, 0) is 38.1 Å². The number of amides is 1. The van der Waals surface area contributed by atoms with Gasteiger partial charge in [0.2, 0.25) is 5.91 Å². The van der Waals surface area contributed by atoms with Crippen LogP contribution in [0.4, 0.5) is 11.4 Å². The molecular weight excluding hydrogens is 228 g/mol. The first kappa shape index (κ1) is 14.2. The smallest absolute Gasteiger partial charge is 0.240 e. The van der Waals surface area contributed by atoms with Crippen molar-refractivity contribution in [2.75, 3.05) is 19.4 Å². The minimum Gasteiger partial charge on any atom is -0.366 e. The normalized spacial score (nSPS) is 13.1. The van der Waals surface area contributed by atoms with Crippen molar-refractivity contribution in [3.05, 3.63) is 24.3 Å². The van der Waals surface area contributed by atoms with E-state index >= 15 is 0 Å². The third-order valence-electron chi connectivity index (χ3n) is 2.49. The predicted octanol–water partition coefficient (Wildman–Crippen LogP) is 1.58. The Hall–Kier alpha value is -1.88. The van der Waals surface area contributed by atoms with E-state index in [4.69, 9.17) is 5.73 Å². The van der Waals surface area contributed by atoms with E-state index in [0.717, 1.165) is 17.2 Å². The number of benzene rings is 1. The van der Waals surface area contributed by atoms with Gasteiger partial charge >= 0.3 is 0 Å². The predicted molar refractivity (Wildman–Crippen MR) is 75.2 cm³/mol. The van der Waals surface area contributed by atoms with E-state index in [9.17, 15) is 4.79 Å². The third kappa shape index (κ3) is 4.18. The number of nitrogens with one attached hydrogen (secondary N) is 1. The number of rotatable bonds is 3. The summed E-state index contributed by atoms with van der Waals surface area (Å²) in [5.74, 6) is 0.720. The summed E-state index contributed by atoms with van der Waals surface area (Å²) in [6, 6.07) is 6.80. The molecule has 98 valence electrons. The summed E-state index contributed by atoms with van der Waals surface area (Å²) in [6.45, 7) is 3.58. The topological polar surface area (TPSA) is 70.7 Å². The van der Waals surface area contributed by atoms with Crippen molar-refractivity contribution in [2.45, 2.75) is 19.9 Å². The van der Waals surface area contributed by atoms with Crippen molar-refractivity contribution in [1.82, 2.24) is 4.90 Å². The van der Waals surface area contributed by atoms with Gasteiger partial charge in [0.25, 0.3) is 0 Å². The molecule has 18 heavy (non-hydrogen) atoms. The zero-order valence-corrected chi connectivity index (χ0v) is 11.3. The highest BCUT2D eigenvalue weighted by Crippen LogP contribution is 2.16. The fourth-order valence-electron chi connectivity index (χ4n) is 1.16. The maximum absolute atomic E-state index is 11.4. The van der Waals surface area contributed by atoms with Crippen LogP contribution in [-0.4, -0.2) is 36.8 Å². The highest BCUT2D eigenvalue weighted by Gasteiger charge is 2.06. The zero-order chi connectivity index (χ0) is 13.7. The lowest BCUT2D eigenvalue weighted by Gasteiger charge is -2.11. The van der Waals surface area contributed by atoms with E-state index < -0.39 is 6.04 Å². The molecule has 0 aliphatic carbocycles. The van der Waals surface area contributed by atoms with Crippen LogP contribution in [0.3, 0.4) is 0 Å². The van der Waals surface area contributed by atoms with Gasteiger partial charge in [0.15, 0.2) is 0 Å². The van der Waals surface area contributed by atoms with Gasteiger partial charge in [0, 0.05) is 19.8 Å². The largest absolute Gasteiger partial charge is 0.366 e. The second-order valence-electron chi connectivity index (χ2n) is 4.38. The number of nitrogens with two attached hydrogens (primary N) is 1. The lowest BCUT2D eigenvalue weighted by molar-refractivity contribution is -0.117. The minimum absolute atomic E-state index is 0.198. The number of hydrogen-bond donors (Lipinski definition) is 2. The summed E-state index contributed by atoms with van der Waals surface area (Å²) in [4.78, 5) is 17.7. The van der Waals surface area contributed by atoms with Crippen LogP contribution in [0.2, 0.25) is 0 Å². The number of anilines is 1. The number of carbonyl (C=O) groups excluding carboxylic acids is 1. The molecule has 1 rings (SSSR count). The Balaban J connectivity index is 2.75. The van der Waals surface area contributed by atoms with Crippen LogP contribution in [0.15, 0.2) is 29.3 Å². The average Bonchev–Trinajstić information content (AvgIpc) is 2.31. The molecule has 0 aliphatic heterocycles. The van der Waals surface area contributed by atoms with Crippen LogP contribution in [-0.2, 0) is 4.79 Å². The van der Waals surface area contributed by atoms with Gasteiger partial charge in [-0.3, -0.25) is 4.79 Å². The Morgan fingerprint density at radius 1 is 1.33 bits per heavy atom. The third-order valence-corrected chi connectivity index (χ3v) is 2.49. The molecule has 1 atom stereocenters. The number of nitrogens with zero attached hydrogens (tertiary/aromatic N) is 2. The van der Waals surface area contributed by atoms with Crippen LogP contribution in [0.1, 0.15) is 13.8 Å². The highest BCUT2D eigenvalue weighted by atomic mass is 16.2. The molecule has 0 spiro atoms. The fraction of sp³-hybridized carbons (Fsp3) is 0.385. The van der Waals surface area contributed by atoms with Crippen molar-refractivity contribution < 1.29 is 4.79 Å². The van der Waals surface area contributed by atoms with Gasteiger partial charge in [-0.2, -0.15) is 0 Å². The molecule has 0 heterocycles. The van der Waals surface area contributed by atoms with E-state index in [1.165, 1.54) is 0 Å². The van der Waals surface area contributed by atoms with Crippen molar-refractivity contribution in [1.29, 1.82) is 0 Å². The Morgan fingerprint density at radius 2 is 1.89 bits per heavy atom. The second-order valence-corrected chi connectivity index (χ2v) is 4.38. The fourth-order valence-corrected chi connectivity index (χ4v) is 1.16. The van der Waals surface area contributed by atoms with Crippen LogP contribution >= 0.6 is 0 Å². The summed E-state index contributed by atoms with van der Waals surface area (Å²) < 4.78 is 0. The Bertz CT molecular complexity index is 435. The van der Waals surface area contributed by atoms with Crippen LogP contribution in [0.25, 0.3) is 0 Å². The second kappa shape index (κ2) is 6.16. The summed E-state index contributed by atoms with van der Waals surface area (Å²) in [5, 5.41) is 2.72. The lowest BCUT2D eigenvalue weighted by atomic mass is 10.2. The molecule has 3 N–H and O–H groups in total. The van der Waals surface area contributed by atoms with E-state index in [1.54, 1.807) is 6.92 Å². The summed E-state index contributed by atoms with van der Waals surface area (Å²) >= 11 is 0. The molecule has 1 aromatic rings. The monoisotopic (exact) mass is 248 g/mol. The van der Waals surface area contributed by atoms with E-state index in [-0.39, 0.29) is 5.91 Å². The van der Waals surface area contributed by atoms with Gasteiger partial charge in [-0.1, -0.05) is 0 Å². The first-order valence-corrected chi connectivity index (χ1v) is 5.79. The number of carbonyl (C=O) groups is 1. The Labute approximate surface area is 108 Å². The molecule has 0 aliphatic rings. The van der Waals surface area contributed by atoms with Gasteiger partial charge in [-0.25, -0.2) is 4.99 Å². The molecular formula is C13H20N4O. The Morgan fingerprint density at radius 3 is 2.33 bits per heavy atom. The van der Waals surface area contributed by atoms with Gasteiger partial charge in [0.05, 0.1) is 11.7 Å². The molecule has 5 heteroatoms. The van der Waals surface area contributed by atoms with Gasteiger partial charge in [0.1, 0.15) is 5.84 Å². The lowest BCUT2D eigenvalue weighted by Crippen LogP contribution is -2.32.